The number of anilines is 1. The lowest BCUT2D eigenvalue weighted by molar-refractivity contribution is -0.132. The standard InChI is InChI=1S/C33H38N2O8S/c1-7-8-15-42-23-11-9-10-22(17-23)28(36)26-27(21-12-13-24(25(18-21)40-5)43-16-14-19(2)3)35(31(38)29(26)37)33-34-20(4)30(44-33)32(39)41-6/h9-13,17-19,27,36H,7-8,14-16H2,1-6H3/b28-26+. The minimum atomic E-state index is -1.09. The number of amides is 1. The van der Waals surface area contributed by atoms with Crippen LogP contribution in [0.1, 0.15) is 72.6 Å². The lowest BCUT2D eigenvalue weighted by atomic mass is 9.95. The number of aryl methyl sites for hydroxylation is 1. The van der Waals surface area contributed by atoms with Crippen LogP contribution in [0, 0.1) is 12.8 Å². The molecule has 44 heavy (non-hydrogen) atoms. The number of aliphatic hydroxyl groups excluding tert-OH is 1. The Morgan fingerprint density at radius 3 is 2.52 bits per heavy atom. The Morgan fingerprint density at radius 1 is 1.07 bits per heavy atom. The first-order valence-corrected chi connectivity index (χ1v) is 15.3. The molecule has 1 fully saturated rings. The topological polar surface area (TPSA) is 124 Å². The van der Waals surface area contributed by atoms with Crippen LogP contribution in [-0.2, 0) is 14.3 Å². The van der Waals surface area contributed by atoms with Crippen molar-refractivity contribution in [1.29, 1.82) is 0 Å². The number of thiazole rings is 1. The van der Waals surface area contributed by atoms with Crippen LogP contribution in [-0.4, -0.2) is 55.2 Å². The maximum absolute atomic E-state index is 13.7. The molecule has 4 rings (SSSR count). The number of ketones is 1. The third-order valence-corrected chi connectivity index (χ3v) is 8.27. The number of ether oxygens (including phenoxy) is 4. The highest BCUT2D eigenvalue weighted by Crippen LogP contribution is 2.45. The molecule has 0 bridgehead atoms. The predicted molar refractivity (Wildman–Crippen MR) is 168 cm³/mol. The van der Waals surface area contributed by atoms with Gasteiger partial charge in [0.1, 0.15) is 16.4 Å². The summed E-state index contributed by atoms with van der Waals surface area (Å²) in [4.78, 5) is 45.6. The van der Waals surface area contributed by atoms with E-state index in [1.807, 2.05) is 0 Å². The summed E-state index contributed by atoms with van der Waals surface area (Å²) in [5, 5.41) is 11.7. The molecule has 1 aliphatic rings. The normalized spacial score (nSPS) is 16.0. The molecule has 2 aromatic carbocycles. The van der Waals surface area contributed by atoms with E-state index in [0.29, 0.717) is 53.2 Å². The van der Waals surface area contributed by atoms with Crippen molar-refractivity contribution < 1.29 is 38.4 Å². The number of benzene rings is 2. The maximum atomic E-state index is 13.7. The van der Waals surface area contributed by atoms with E-state index in [1.165, 1.54) is 19.1 Å². The fourth-order valence-electron chi connectivity index (χ4n) is 4.71. The van der Waals surface area contributed by atoms with Crippen LogP contribution in [0.4, 0.5) is 5.13 Å². The SMILES string of the molecule is CCCCOc1cccc(/C(O)=C2\C(=O)C(=O)N(c3nc(C)c(C(=O)OC)s3)C2c2ccc(OCCC(C)C)c(OC)c2)c1. The van der Waals surface area contributed by atoms with Gasteiger partial charge in [-0.15, -0.1) is 0 Å². The number of methoxy groups -OCH3 is 2. The predicted octanol–water partition coefficient (Wildman–Crippen LogP) is 6.48. The average molecular weight is 623 g/mol. The molecule has 3 aromatic rings. The van der Waals surface area contributed by atoms with Gasteiger partial charge in [0.15, 0.2) is 16.6 Å². The van der Waals surface area contributed by atoms with E-state index in [-0.39, 0.29) is 21.3 Å². The molecule has 0 aliphatic carbocycles. The first-order valence-electron chi connectivity index (χ1n) is 14.5. The molecule has 1 amide bonds. The smallest absolute Gasteiger partial charge is 0.350 e. The molecule has 1 N–H and O–H groups in total. The second kappa shape index (κ2) is 14.4. The zero-order valence-electron chi connectivity index (χ0n) is 25.8. The quantitative estimate of drug-likeness (QED) is 0.0750. The van der Waals surface area contributed by atoms with Crippen LogP contribution in [0.15, 0.2) is 48.0 Å². The van der Waals surface area contributed by atoms with Gasteiger partial charge in [-0.25, -0.2) is 9.78 Å². The zero-order chi connectivity index (χ0) is 32.0. The summed E-state index contributed by atoms with van der Waals surface area (Å²) in [6.07, 6.45) is 2.67. The van der Waals surface area contributed by atoms with E-state index in [0.717, 1.165) is 30.6 Å². The van der Waals surface area contributed by atoms with Crippen molar-refractivity contribution in [3.05, 3.63) is 69.7 Å². The number of carbonyl (C=O) groups excluding carboxylic acids is 3. The summed E-state index contributed by atoms with van der Waals surface area (Å²) in [5.74, 6) is -0.888. The average Bonchev–Trinajstić information content (AvgIpc) is 3.52. The van der Waals surface area contributed by atoms with E-state index in [2.05, 4.69) is 25.8 Å². The van der Waals surface area contributed by atoms with Crippen LogP contribution in [0.25, 0.3) is 5.76 Å². The number of Topliss-reactive ketones (excluding diaryl/α,β-unsaturated/α-hetero) is 1. The molecule has 0 radical (unpaired) electrons. The van der Waals surface area contributed by atoms with Crippen molar-refractivity contribution >= 4 is 39.9 Å². The number of hydrogen-bond donors (Lipinski definition) is 1. The van der Waals surface area contributed by atoms with Gasteiger partial charge in [0.25, 0.3) is 5.78 Å². The number of aromatic nitrogens is 1. The second-order valence-corrected chi connectivity index (χ2v) is 11.7. The van der Waals surface area contributed by atoms with Gasteiger partial charge in [-0.05, 0) is 55.5 Å². The van der Waals surface area contributed by atoms with Gasteiger partial charge in [-0.3, -0.25) is 14.5 Å². The van der Waals surface area contributed by atoms with Gasteiger partial charge in [0, 0.05) is 5.56 Å². The van der Waals surface area contributed by atoms with Crippen LogP contribution in [0.3, 0.4) is 0 Å². The Labute approximate surface area is 261 Å². The van der Waals surface area contributed by atoms with Crippen LogP contribution in [0.2, 0.25) is 0 Å². The first kappa shape index (κ1) is 32.5. The lowest BCUT2D eigenvalue weighted by Gasteiger charge is -2.24. The minimum absolute atomic E-state index is 0.113. The summed E-state index contributed by atoms with van der Waals surface area (Å²) >= 11 is 0.931. The highest BCUT2D eigenvalue weighted by atomic mass is 32.1. The molecule has 234 valence electrons. The number of rotatable bonds is 13. The van der Waals surface area contributed by atoms with Crippen molar-refractivity contribution in [1.82, 2.24) is 4.98 Å². The van der Waals surface area contributed by atoms with E-state index >= 15 is 0 Å². The molecule has 11 heteroatoms. The molecule has 10 nitrogen and oxygen atoms in total. The van der Waals surface area contributed by atoms with Gasteiger partial charge in [-0.1, -0.05) is 56.7 Å². The van der Waals surface area contributed by atoms with Gasteiger partial charge < -0.3 is 24.1 Å². The highest BCUT2D eigenvalue weighted by Gasteiger charge is 2.48. The number of hydrogen-bond acceptors (Lipinski definition) is 10. The van der Waals surface area contributed by atoms with Crippen molar-refractivity contribution in [3.8, 4) is 17.2 Å². The molecule has 1 aliphatic heterocycles. The van der Waals surface area contributed by atoms with Gasteiger partial charge >= 0.3 is 11.9 Å². The Balaban J connectivity index is 1.86. The van der Waals surface area contributed by atoms with E-state index in [1.54, 1.807) is 49.4 Å². The summed E-state index contributed by atoms with van der Waals surface area (Å²) in [7, 11) is 2.76. The lowest BCUT2D eigenvalue weighted by Crippen LogP contribution is -2.29. The molecule has 1 atom stereocenters. The summed E-state index contributed by atoms with van der Waals surface area (Å²) < 4.78 is 22.3. The molecule has 1 unspecified atom stereocenters. The number of esters is 1. The van der Waals surface area contributed by atoms with E-state index < -0.39 is 23.7 Å². The number of aliphatic hydroxyl groups is 1. The number of carbonyl (C=O) groups is 3. The summed E-state index contributed by atoms with van der Waals surface area (Å²) in [5.41, 5.74) is 0.999. The van der Waals surface area contributed by atoms with Crippen LogP contribution in [0.5, 0.6) is 17.2 Å². The fourth-order valence-corrected chi connectivity index (χ4v) is 5.73. The molecule has 0 spiro atoms. The van der Waals surface area contributed by atoms with Gasteiger partial charge in [0.05, 0.1) is 44.7 Å². The van der Waals surface area contributed by atoms with Crippen molar-refractivity contribution in [2.24, 2.45) is 5.92 Å². The highest BCUT2D eigenvalue weighted by molar-refractivity contribution is 7.17. The van der Waals surface area contributed by atoms with Crippen molar-refractivity contribution in [2.45, 2.75) is 53.0 Å². The Bertz CT molecular complexity index is 1560. The largest absolute Gasteiger partial charge is 0.507 e. The molecule has 2 heterocycles. The molecular weight excluding hydrogens is 584 g/mol. The number of unbranched alkanes of at least 4 members (excludes halogenated alkanes) is 1. The van der Waals surface area contributed by atoms with Gasteiger partial charge in [0.2, 0.25) is 0 Å². The second-order valence-electron chi connectivity index (χ2n) is 10.7. The minimum Gasteiger partial charge on any atom is -0.507 e. The van der Waals surface area contributed by atoms with E-state index in [9.17, 15) is 19.5 Å². The van der Waals surface area contributed by atoms with Crippen molar-refractivity contribution in [3.63, 3.8) is 0 Å². The molecule has 0 saturated carbocycles. The Hall–Kier alpha value is -4.38. The van der Waals surface area contributed by atoms with Gasteiger partial charge in [-0.2, -0.15) is 0 Å². The van der Waals surface area contributed by atoms with Crippen LogP contribution >= 0.6 is 11.3 Å². The monoisotopic (exact) mass is 622 g/mol. The third-order valence-electron chi connectivity index (χ3n) is 7.14. The fraction of sp³-hybridized carbons (Fsp3) is 0.394. The third kappa shape index (κ3) is 6.88. The van der Waals surface area contributed by atoms with Crippen LogP contribution < -0.4 is 19.1 Å². The number of nitrogens with zero attached hydrogens (tertiary/aromatic N) is 2. The Kier molecular flexibility index (Phi) is 10.6. The summed E-state index contributed by atoms with van der Waals surface area (Å²) in [6, 6.07) is 10.8. The molecule has 1 aromatic heterocycles. The molecular formula is C33H38N2O8S. The van der Waals surface area contributed by atoms with Crippen molar-refractivity contribution in [2.75, 3.05) is 32.3 Å². The first-order chi connectivity index (χ1) is 21.1. The van der Waals surface area contributed by atoms with E-state index in [4.69, 9.17) is 18.9 Å². The Morgan fingerprint density at radius 2 is 1.84 bits per heavy atom. The zero-order valence-corrected chi connectivity index (χ0v) is 26.7. The molecule has 1 saturated heterocycles. The summed E-state index contributed by atoms with van der Waals surface area (Å²) in [6.45, 7) is 8.87. The maximum Gasteiger partial charge on any atom is 0.350 e.